The summed E-state index contributed by atoms with van der Waals surface area (Å²) in [7, 11) is 2.46. The normalized spacial score (nSPS) is 15.4. The van der Waals surface area contributed by atoms with Crippen LogP contribution >= 0.6 is 0 Å². The molecule has 1 heterocycles. The molecule has 21 heavy (non-hydrogen) atoms. The van der Waals surface area contributed by atoms with Crippen molar-refractivity contribution in [3.63, 3.8) is 0 Å². The maximum Gasteiger partial charge on any atom is 0.339 e. The minimum absolute atomic E-state index is 0.103. The Morgan fingerprint density at radius 1 is 1.14 bits per heavy atom. The van der Waals surface area contributed by atoms with Crippen LogP contribution < -0.4 is 5.63 Å². The van der Waals surface area contributed by atoms with Crippen molar-refractivity contribution >= 4 is 11.9 Å². The zero-order valence-electron chi connectivity index (χ0n) is 12.6. The third-order valence-electron chi connectivity index (χ3n) is 4.11. The zero-order valence-corrected chi connectivity index (χ0v) is 12.6. The quantitative estimate of drug-likeness (QED) is 0.609. The van der Waals surface area contributed by atoms with Crippen LogP contribution in [0.25, 0.3) is 0 Å². The average Bonchev–Trinajstić information content (AvgIpc) is 2.91. The fraction of sp³-hybridized carbons (Fsp3) is 0.533. The molecule has 1 aromatic heterocycles. The second kappa shape index (κ2) is 5.35. The molecule has 0 amide bonds. The highest BCUT2D eigenvalue weighted by Crippen LogP contribution is 2.41. The van der Waals surface area contributed by atoms with Gasteiger partial charge in [0.25, 0.3) is 0 Å². The molecule has 114 valence electrons. The first kappa shape index (κ1) is 15.3. The molecule has 0 bridgehead atoms. The molecule has 0 aromatic carbocycles. The number of hydrogen-bond acceptors (Lipinski definition) is 6. The summed E-state index contributed by atoms with van der Waals surface area (Å²) < 4.78 is 14.8. The van der Waals surface area contributed by atoms with Gasteiger partial charge < -0.3 is 13.9 Å². The number of rotatable bonds is 3. The van der Waals surface area contributed by atoms with Crippen LogP contribution in [-0.2, 0) is 38.3 Å². The lowest BCUT2D eigenvalue weighted by Gasteiger charge is -2.22. The second-order valence-electron chi connectivity index (χ2n) is 5.17. The monoisotopic (exact) mass is 294 g/mol. The highest BCUT2D eigenvalue weighted by molar-refractivity contribution is 6.01. The topological polar surface area (TPSA) is 82.8 Å². The summed E-state index contributed by atoms with van der Waals surface area (Å²) in [6.45, 7) is 3.49. The molecule has 0 fully saturated rings. The number of fused-ring (bicyclic) bond motifs is 1. The first-order chi connectivity index (χ1) is 9.91. The summed E-state index contributed by atoms with van der Waals surface area (Å²) in [5, 5.41) is 0. The maximum absolute atomic E-state index is 12.2. The van der Waals surface area contributed by atoms with Crippen molar-refractivity contribution in [2.75, 3.05) is 14.2 Å². The van der Waals surface area contributed by atoms with E-state index in [1.54, 1.807) is 6.92 Å². The fourth-order valence-corrected chi connectivity index (χ4v) is 2.93. The molecule has 0 atom stereocenters. The Balaban J connectivity index is 2.64. The van der Waals surface area contributed by atoms with E-state index < -0.39 is 23.0 Å². The van der Waals surface area contributed by atoms with Gasteiger partial charge in [0.1, 0.15) is 5.76 Å². The van der Waals surface area contributed by atoms with Gasteiger partial charge in [-0.15, -0.1) is 0 Å². The Hall–Kier alpha value is -2.11. The predicted molar refractivity (Wildman–Crippen MR) is 73.0 cm³/mol. The molecule has 0 N–H and O–H groups in total. The molecule has 0 unspecified atom stereocenters. The van der Waals surface area contributed by atoms with E-state index in [-0.39, 0.29) is 12.8 Å². The van der Waals surface area contributed by atoms with Crippen molar-refractivity contribution in [2.45, 2.75) is 33.1 Å². The van der Waals surface area contributed by atoms with Crippen LogP contribution in [0.15, 0.2) is 9.21 Å². The molecule has 6 heteroatoms. The molecular weight excluding hydrogens is 276 g/mol. The molecule has 0 spiro atoms. The summed E-state index contributed by atoms with van der Waals surface area (Å²) in [5.74, 6) is -0.797. The number of carbonyl (C=O) groups is 2. The Bertz CT molecular complexity index is 639. The van der Waals surface area contributed by atoms with E-state index in [1.165, 1.54) is 14.2 Å². The smallest absolute Gasteiger partial charge is 0.339 e. The lowest BCUT2D eigenvalue weighted by atomic mass is 9.84. The molecule has 1 aromatic rings. The minimum atomic E-state index is -1.43. The molecule has 0 radical (unpaired) electrons. The van der Waals surface area contributed by atoms with Gasteiger partial charge in [0, 0.05) is 24.8 Å². The first-order valence-corrected chi connectivity index (χ1v) is 6.72. The molecule has 0 saturated heterocycles. The molecule has 0 aliphatic heterocycles. The molecule has 2 rings (SSSR count). The number of aryl methyl sites for hydroxylation is 1. The van der Waals surface area contributed by atoms with Gasteiger partial charge in [-0.2, -0.15) is 0 Å². The second-order valence-corrected chi connectivity index (χ2v) is 5.17. The van der Waals surface area contributed by atoms with Gasteiger partial charge in [0.05, 0.1) is 14.2 Å². The van der Waals surface area contributed by atoms with Crippen molar-refractivity contribution in [3.8, 4) is 0 Å². The Labute approximate surface area is 122 Å². The highest BCUT2D eigenvalue weighted by Gasteiger charge is 2.54. The SMILES string of the molecule is CCc1oc(=O)c(C)c2c1CC(C(=O)OC)(C(=O)OC)C2. The Morgan fingerprint density at radius 2 is 1.67 bits per heavy atom. The van der Waals surface area contributed by atoms with Gasteiger partial charge in [-0.25, -0.2) is 4.79 Å². The lowest BCUT2D eigenvalue weighted by molar-refractivity contribution is -0.168. The van der Waals surface area contributed by atoms with E-state index in [0.29, 0.717) is 23.3 Å². The number of methoxy groups -OCH3 is 2. The highest BCUT2D eigenvalue weighted by atomic mass is 16.5. The third kappa shape index (κ3) is 2.14. The summed E-state index contributed by atoms with van der Waals surface area (Å²) in [5.41, 5.74) is 0.00131. The number of ether oxygens (including phenoxy) is 2. The van der Waals surface area contributed by atoms with Crippen molar-refractivity contribution in [3.05, 3.63) is 32.9 Å². The fourth-order valence-electron chi connectivity index (χ4n) is 2.93. The summed E-state index contributed by atoms with van der Waals surface area (Å²) in [4.78, 5) is 36.2. The maximum atomic E-state index is 12.2. The Morgan fingerprint density at radius 3 is 2.14 bits per heavy atom. The van der Waals surface area contributed by atoms with Crippen molar-refractivity contribution in [1.29, 1.82) is 0 Å². The summed E-state index contributed by atoms with van der Waals surface area (Å²) in [6.07, 6.45) is 0.748. The first-order valence-electron chi connectivity index (χ1n) is 6.72. The van der Waals surface area contributed by atoms with Gasteiger partial charge >= 0.3 is 17.6 Å². The molecule has 6 nitrogen and oxygen atoms in total. The van der Waals surface area contributed by atoms with E-state index >= 15 is 0 Å². The van der Waals surface area contributed by atoms with Crippen LogP contribution in [0.2, 0.25) is 0 Å². The lowest BCUT2D eigenvalue weighted by Crippen LogP contribution is -2.42. The Kier molecular flexibility index (Phi) is 3.89. The van der Waals surface area contributed by atoms with E-state index in [4.69, 9.17) is 13.9 Å². The number of carbonyl (C=O) groups excluding carboxylic acids is 2. The largest absolute Gasteiger partial charge is 0.468 e. The van der Waals surface area contributed by atoms with E-state index in [9.17, 15) is 14.4 Å². The van der Waals surface area contributed by atoms with Crippen LogP contribution in [-0.4, -0.2) is 26.2 Å². The third-order valence-corrected chi connectivity index (χ3v) is 4.11. The van der Waals surface area contributed by atoms with E-state index in [1.807, 2.05) is 6.92 Å². The molecule has 1 aliphatic rings. The van der Waals surface area contributed by atoms with Crippen LogP contribution in [0.3, 0.4) is 0 Å². The molecular formula is C15H18O6. The van der Waals surface area contributed by atoms with Gasteiger partial charge in [-0.1, -0.05) is 6.92 Å². The minimum Gasteiger partial charge on any atom is -0.468 e. The summed E-state index contributed by atoms with van der Waals surface area (Å²) >= 11 is 0. The van der Waals surface area contributed by atoms with Gasteiger partial charge in [-0.05, 0) is 18.1 Å². The van der Waals surface area contributed by atoms with Gasteiger partial charge in [0.2, 0.25) is 0 Å². The van der Waals surface area contributed by atoms with Crippen LogP contribution in [0.5, 0.6) is 0 Å². The van der Waals surface area contributed by atoms with Crippen molar-refractivity contribution < 1.29 is 23.5 Å². The van der Waals surface area contributed by atoms with Gasteiger partial charge in [0.15, 0.2) is 5.41 Å². The number of esters is 2. The standard InChI is InChI=1S/C15H18O6/c1-5-11-10-7-15(13(17)19-3,14(18)20-4)6-9(10)8(2)12(16)21-11/h5-7H2,1-4H3. The van der Waals surface area contributed by atoms with Gasteiger partial charge in [-0.3, -0.25) is 9.59 Å². The summed E-state index contributed by atoms with van der Waals surface area (Å²) in [6, 6.07) is 0. The van der Waals surface area contributed by atoms with Crippen LogP contribution in [0.4, 0.5) is 0 Å². The molecule has 0 saturated carbocycles. The zero-order chi connectivity index (χ0) is 15.8. The van der Waals surface area contributed by atoms with E-state index in [0.717, 1.165) is 5.56 Å². The van der Waals surface area contributed by atoms with E-state index in [2.05, 4.69) is 0 Å². The van der Waals surface area contributed by atoms with Crippen LogP contribution in [0.1, 0.15) is 29.4 Å². The number of hydrogen-bond donors (Lipinski definition) is 0. The van der Waals surface area contributed by atoms with Crippen molar-refractivity contribution in [1.82, 2.24) is 0 Å². The van der Waals surface area contributed by atoms with Crippen molar-refractivity contribution in [2.24, 2.45) is 5.41 Å². The van der Waals surface area contributed by atoms with Crippen LogP contribution in [0, 0.1) is 12.3 Å². The average molecular weight is 294 g/mol. The molecule has 1 aliphatic carbocycles. The predicted octanol–water partition coefficient (Wildman–Crippen LogP) is 0.942.